The maximum absolute atomic E-state index is 17.0. The number of halogens is 2. The predicted molar refractivity (Wildman–Crippen MR) is 221 cm³/mol. The van der Waals surface area contributed by atoms with Crippen LogP contribution >= 0.6 is 0 Å². The first-order valence-electron chi connectivity index (χ1n) is 20.5. The smallest absolute Gasteiger partial charge is 0.265 e. The van der Waals surface area contributed by atoms with Crippen LogP contribution in [0.15, 0.2) is 70.8 Å². The minimum Gasteiger partial charge on any atom is -0.507 e. The largest absolute Gasteiger partial charge is 0.507 e. The van der Waals surface area contributed by atoms with E-state index in [4.69, 9.17) is 18.4 Å². The van der Waals surface area contributed by atoms with Gasteiger partial charge in [0.2, 0.25) is 11.6 Å². The van der Waals surface area contributed by atoms with Crippen molar-refractivity contribution in [2.75, 3.05) is 27.2 Å². The van der Waals surface area contributed by atoms with Crippen LogP contribution in [0.2, 0.25) is 18.1 Å². The Balaban J connectivity index is 1.31. The minimum absolute atomic E-state index is 0.00761. The first-order chi connectivity index (χ1) is 28.0. The third kappa shape index (κ3) is 6.93. The standard InChI is InChI=1S/C46H53F2N3O7Si/c1-45(2,3)59(6,7)58-46-32(38(50(4)5)41-35(43(46)54)44(49-57-41)56-26-28-18-12-9-13-19-28)23-29-22-30-34(39(52)33(29)42(46)53)40(55-25-27-16-10-8-11-17-27)37(48)31(36(30)47)24-51-20-14-15-21-51/h8-13,16-19,29,32,38,52H,14-15,20-26H2,1-7H3/t29-,32-,38-,46-/m0/s1. The number of carbonyl (C=O) groups excluding carboxylic acids is 2. The molecule has 59 heavy (non-hydrogen) atoms. The highest BCUT2D eigenvalue weighted by molar-refractivity contribution is 6.74. The fraction of sp³-hybridized carbons (Fsp3) is 0.457. The number of hydrogen-bond donors (Lipinski definition) is 1. The maximum Gasteiger partial charge on any atom is 0.265 e. The van der Waals surface area contributed by atoms with Crippen LogP contribution in [0.3, 0.4) is 0 Å². The molecule has 4 aliphatic rings. The van der Waals surface area contributed by atoms with Crippen LogP contribution in [-0.4, -0.2) is 72.7 Å². The van der Waals surface area contributed by atoms with Crippen molar-refractivity contribution < 1.29 is 41.9 Å². The third-order valence-electron chi connectivity index (χ3n) is 13.2. The summed E-state index contributed by atoms with van der Waals surface area (Å²) >= 11 is 0. The number of fused-ring (bicyclic) bond motifs is 4. The Kier molecular flexibility index (Phi) is 10.7. The summed E-state index contributed by atoms with van der Waals surface area (Å²) in [5, 5.41) is 16.3. The summed E-state index contributed by atoms with van der Waals surface area (Å²) in [5.74, 6) is -5.40. The number of aliphatic hydroxyl groups excluding tert-OH is 1. The van der Waals surface area contributed by atoms with Gasteiger partial charge in [0.15, 0.2) is 31.2 Å². The third-order valence-corrected chi connectivity index (χ3v) is 17.7. The molecule has 312 valence electrons. The van der Waals surface area contributed by atoms with E-state index < -0.39 is 65.8 Å². The van der Waals surface area contributed by atoms with Gasteiger partial charge >= 0.3 is 0 Å². The monoisotopic (exact) mass is 825 g/mol. The maximum atomic E-state index is 17.0. The molecule has 13 heteroatoms. The van der Waals surface area contributed by atoms with Crippen LogP contribution < -0.4 is 9.47 Å². The van der Waals surface area contributed by atoms with Crippen molar-refractivity contribution in [1.29, 1.82) is 0 Å². The molecule has 1 aromatic heterocycles. The van der Waals surface area contributed by atoms with E-state index in [1.807, 2.05) is 118 Å². The summed E-state index contributed by atoms with van der Waals surface area (Å²) in [6, 6.07) is 17.9. The number of ketones is 2. The molecule has 3 aliphatic carbocycles. The Labute approximate surface area is 345 Å². The number of nitrogens with zero attached hydrogens (tertiary/aromatic N) is 3. The molecule has 0 amide bonds. The lowest BCUT2D eigenvalue weighted by molar-refractivity contribution is -0.140. The summed E-state index contributed by atoms with van der Waals surface area (Å²) in [6.07, 6.45) is 1.98. The highest BCUT2D eigenvalue weighted by Crippen LogP contribution is 2.59. The second kappa shape index (κ2) is 15.4. The number of rotatable bonds is 11. The van der Waals surface area contributed by atoms with Crippen LogP contribution in [-0.2, 0) is 35.4 Å². The minimum atomic E-state index is -3.01. The van der Waals surface area contributed by atoms with E-state index >= 15 is 18.4 Å². The molecule has 0 spiro atoms. The van der Waals surface area contributed by atoms with Gasteiger partial charge in [-0.25, -0.2) is 8.78 Å². The Morgan fingerprint density at radius 3 is 2.12 bits per heavy atom. The SMILES string of the molecule is CN(C)[C@@H]1c2onc(OCc3ccccc3)c2C(=O)[C@@]2(O[Si](C)(C)C(C)(C)C)C(=O)C3=C(O)c4c(c(F)c(CN5CCCC5)c(F)c4OCc4ccccc4)C[C@H]3C[C@@H]12. The van der Waals surface area contributed by atoms with Gasteiger partial charge in [0, 0.05) is 29.2 Å². The molecule has 4 aromatic rings. The molecule has 0 radical (unpaired) electrons. The Morgan fingerprint density at radius 1 is 0.915 bits per heavy atom. The van der Waals surface area contributed by atoms with Crippen molar-refractivity contribution in [1.82, 2.24) is 15.0 Å². The van der Waals surface area contributed by atoms with Gasteiger partial charge in [0.05, 0.1) is 11.6 Å². The number of aromatic nitrogens is 1. The Morgan fingerprint density at radius 2 is 1.53 bits per heavy atom. The van der Waals surface area contributed by atoms with Gasteiger partial charge in [-0.05, 0) is 93.2 Å². The number of benzene rings is 3. The molecule has 8 rings (SSSR count). The molecule has 1 saturated heterocycles. The van der Waals surface area contributed by atoms with Crippen LogP contribution in [0.5, 0.6) is 11.6 Å². The highest BCUT2D eigenvalue weighted by Gasteiger charge is 2.69. The van der Waals surface area contributed by atoms with Crippen molar-refractivity contribution in [3.05, 3.63) is 117 Å². The van der Waals surface area contributed by atoms with Crippen molar-refractivity contribution in [2.24, 2.45) is 11.8 Å². The zero-order chi connectivity index (χ0) is 42.0. The van der Waals surface area contributed by atoms with Crippen molar-refractivity contribution in [3.8, 4) is 11.6 Å². The van der Waals surface area contributed by atoms with Gasteiger partial charge < -0.3 is 23.5 Å². The van der Waals surface area contributed by atoms with Crippen molar-refractivity contribution >= 4 is 25.6 Å². The van der Waals surface area contributed by atoms with E-state index in [0.717, 1.165) is 24.0 Å². The lowest BCUT2D eigenvalue weighted by Gasteiger charge is -2.55. The Hall–Kier alpha value is -4.69. The molecule has 2 fully saturated rings. The Bertz CT molecular complexity index is 2300. The van der Waals surface area contributed by atoms with E-state index in [0.29, 0.717) is 13.1 Å². The van der Waals surface area contributed by atoms with Gasteiger partial charge in [0.25, 0.3) is 5.88 Å². The molecule has 2 heterocycles. The molecule has 4 atom stereocenters. The molecule has 1 saturated carbocycles. The number of likely N-dealkylation sites (tertiary alicyclic amines) is 1. The topological polar surface area (TPSA) is 115 Å². The molecule has 3 aromatic carbocycles. The first kappa shape index (κ1) is 41.1. The van der Waals surface area contributed by atoms with Crippen molar-refractivity contribution in [2.45, 2.75) is 96.0 Å². The summed E-state index contributed by atoms with van der Waals surface area (Å²) in [6.45, 7) is 11.5. The highest BCUT2D eigenvalue weighted by atomic mass is 28.4. The predicted octanol–water partition coefficient (Wildman–Crippen LogP) is 9.00. The van der Waals surface area contributed by atoms with Crippen LogP contribution in [0.1, 0.15) is 90.0 Å². The van der Waals surface area contributed by atoms with Crippen molar-refractivity contribution in [3.63, 3.8) is 0 Å². The molecule has 1 N–H and O–H groups in total. The van der Waals surface area contributed by atoms with Crippen LogP contribution in [0.4, 0.5) is 8.78 Å². The number of carbonyl (C=O) groups is 2. The summed E-state index contributed by atoms with van der Waals surface area (Å²) in [5.41, 5.74) is -0.918. The molecule has 1 aliphatic heterocycles. The van der Waals surface area contributed by atoms with E-state index in [2.05, 4.69) is 5.16 Å². The van der Waals surface area contributed by atoms with Crippen LogP contribution in [0.25, 0.3) is 5.76 Å². The van der Waals surface area contributed by atoms with Crippen LogP contribution in [0, 0.1) is 23.5 Å². The van der Waals surface area contributed by atoms with E-state index in [-0.39, 0.29) is 77.8 Å². The fourth-order valence-corrected chi connectivity index (χ4v) is 10.7. The second-order valence-electron chi connectivity index (χ2n) is 18.2. The molecular weight excluding hydrogens is 773 g/mol. The summed E-state index contributed by atoms with van der Waals surface area (Å²) in [4.78, 5) is 35.2. The number of ether oxygens (including phenoxy) is 2. The van der Waals surface area contributed by atoms with E-state index in [9.17, 15) is 5.11 Å². The fourth-order valence-electron chi connectivity index (χ4n) is 9.23. The van der Waals surface area contributed by atoms with Gasteiger partial charge in [-0.3, -0.25) is 19.4 Å². The molecule has 0 unspecified atom stereocenters. The van der Waals surface area contributed by atoms with Gasteiger partial charge in [0.1, 0.15) is 30.4 Å². The van der Waals surface area contributed by atoms with E-state index in [1.54, 1.807) is 0 Å². The first-order valence-corrected chi connectivity index (χ1v) is 23.4. The molecule has 0 bridgehead atoms. The number of Topliss-reactive ketones (excluding diaryl/α,β-unsaturated/α-hetero) is 2. The van der Waals surface area contributed by atoms with E-state index in [1.165, 1.54) is 0 Å². The second-order valence-corrected chi connectivity index (χ2v) is 22.9. The summed E-state index contributed by atoms with van der Waals surface area (Å²) < 4.78 is 59.5. The lowest BCUT2D eigenvalue weighted by Crippen LogP contribution is -2.68. The van der Waals surface area contributed by atoms with Gasteiger partial charge in [-0.1, -0.05) is 81.4 Å². The number of aliphatic hydroxyl groups is 1. The normalized spacial score (nSPS) is 23.3. The average Bonchev–Trinajstić information content (AvgIpc) is 3.87. The zero-order valence-electron chi connectivity index (χ0n) is 34.9. The quantitative estimate of drug-likeness (QED) is 0.116. The molecule has 10 nitrogen and oxygen atoms in total. The summed E-state index contributed by atoms with van der Waals surface area (Å²) in [7, 11) is 0.662. The average molecular weight is 826 g/mol. The van der Waals surface area contributed by atoms with Gasteiger partial charge in [-0.15, -0.1) is 0 Å². The zero-order valence-corrected chi connectivity index (χ0v) is 35.9. The van der Waals surface area contributed by atoms with Gasteiger partial charge in [-0.2, -0.15) is 0 Å². The molecular formula is C46H53F2N3O7Si. The lowest BCUT2D eigenvalue weighted by atomic mass is 9.57. The number of hydrogen-bond acceptors (Lipinski definition) is 10.